The number of hydrogen-bond donors (Lipinski definition) is 1. The lowest BCUT2D eigenvalue weighted by atomic mass is 9.99. The van der Waals surface area contributed by atoms with Crippen LogP contribution in [-0.2, 0) is 0 Å². The lowest BCUT2D eigenvalue weighted by Gasteiger charge is -2.26. The highest BCUT2D eigenvalue weighted by molar-refractivity contribution is 4.77. The van der Waals surface area contributed by atoms with Crippen LogP contribution < -0.4 is 0 Å². The van der Waals surface area contributed by atoms with E-state index in [0.29, 0.717) is 12.5 Å². The minimum atomic E-state index is 0.354. The lowest BCUT2D eigenvalue weighted by molar-refractivity contribution is 0.183. The largest absolute Gasteiger partial charge is 0.396 e. The fraction of sp³-hybridized carbons (Fsp3) is 1.00. The normalized spacial score (nSPS) is 25.5. The average molecular weight is 199 g/mol. The Bertz CT molecular complexity index is 143. The van der Waals surface area contributed by atoms with E-state index in [2.05, 4.69) is 18.7 Å². The van der Waals surface area contributed by atoms with Gasteiger partial charge in [0.15, 0.2) is 0 Å². The molecule has 1 aliphatic rings. The van der Waals surface area contributed by atoms with Gasteiger partial charge in [-0.1, -0.05) is 13.3 Å². The Hall–Kier alpha value is -0.0800. The van der Waals surface area contributed by atoms with E-state index in [1.807, 2.05) is 0 Å². The maximum Gasteiger partial charge on any atom is 0.0434 e. The van der Waals surface area contributed by atoms with Crippen molar-refractivity contribution in [2.24, 2.45) is 5.92 Å². The summed E-state index contributed by atoms with van der Waals surface area (Å²) in [5.74, 6) is 0.713. The van der Waals surface area contributed by atoms with Gasteiger partial charge >= 0.3 is 0 Å². The van der Waals surface area contributed by atoms with Crippen LogP contribution in [0.1, 0.15) is 46.0 Å². The van der Waals surface area contributed by atoms with Gasteiger partial charge in [-0.3, -0.25) is 0 Å². The minimum Gasteiger partial charge on any atom is -0.396 e. The molecule has 14 heavy (non-hydrogen) atoms. The fourth-order valence-corrected chi connectivity index (χ4v) is 2.51. The fourth-order valence-electron chi connectivity index (χ4n) is 2.51. The zero-order valence-corrected chi connectivity index (χ0v) is 9.71. The highest BCUT2D eigenvalue weighted by Gasteiger charge is 2.22. The summed E-state index contributed by atoms with van der Waals surface area (Å²) in [6.07, 6.45) is 6.21. The Kier molecular flexibility index (Phi) is 5.49. The third kappa shape index (κ3) is 3.58. The van der Waals surface area contributed by atoms with E-state index in [1.165, 1.54) is 38.8 Å². The second kappa shape index (κ2) is 6.41. The van der Waals surface area contributed by atoms with Crippen LogP contribution in [0.3, 0.4) is 0 Å². The number of nitrogens with zero attached hydrogens (tertiary/aromatic N) is 1. The van der Waals surface area contributed by atoms with Crippen LogP contribution in [0.5, 0.6) is 0 Å². The van der Waals surface area contributed by atoms with Gasteiger partial charge in [0, 0.05) is 19.2 Å². The second-order valence-electron chi connectivity index (χ2n) is 4.65. The van der Waals surface area contributed by atoms with E-state index in [0.717, 1.165) is 12.5 Å². The zero-order valence-electron chi connectivity index (χ0n) is 9.71. The van der Waals surface area contributed by atoms with Gasteiger partial charge in [-0.2, -0.15) is 0 Å². The summed E-state index contributed by atoms with van der Waals surface area (Å²) >= 11 is 0. The molecule has 0 bridgehead atoms. The minimum absolute atomic E-state index is 0.354. The van der Waals surface area contributed by atoms with Crippen molar-refractivity contribution >= 4 is 0 Å². The van der Waals surface area contributed by atoms with Crippen LogP contribution in [0.25, 0.3) is 0 Å². The monoisotopic (exact) mass is 199 g/mol. The maximum absolute atomic E-state index is 8.98. The van der Waals surface area contributed by atoms with Gasteiger partial charge in [0.05, 0.1) is 0 Å². The molecule has 1 rings (SSSR count). The molecule has 0 saturated carbocycles. The van der Waals surface area contributed by atoms with E-state index >= 15 is 0 Å². The van der Waals surface area contributed by atoms with E-state index < -0.39 is 0 Å². The predicted octanol–water partition coefficient (Wildman–Crippen LogP) is 2.27. The van der Waals surface area contributed by atoms with Crippen LogP contribution in [0.15, 0.2) is 0 Å². The maximum atomic E-state index is 8.98. The van der Waals surface area contributed by atoms with Crippen molar-refractivity contribution in [2.45, 2.75) is 52.0 Å². The molecule has 0 aromatic heterocycles. The third-order valence-electron chi connectivity index (χ3n) is 3.42. The third-order valence-corrected chi connectivity index (χ3v) is 3.42. The van der Waals surface area contributed by atoms with Gasteiger partial charge < -0.3 is 10.0 Å². The van der Waals surface area contributed by atoms with Crippen LogP contribution in [0, 0.1) is 5.92 Å². The van der Waals surface area contributed by atoms with Crippen LogP contribution in [-0.4, -0.2) is 35.7 Å². The summed E-state index contributed by atoms with van der Waals surface area (Å²) in [6, 6.07) is 0.771. The average Bonchev–Trinajstić information content (AvgIpc) is 2.53. The zero-order chi connectivity index (χ0) is 10.4. The Labute approximate surface area is 88.3 Å². The molecule has 0 aliphatic carbocycles. The molecule has 0 spiro atoms. The molecule has 0 radical (unpaired) electrons. The molecule has 1 heterocycles. The molecule has 2 heteroatoms. The van der Waals surface area contributed by atoms with Gasteiger partial charge in [0.2, 0.25) is 0 Å². The van der Waals surface area contributed by atoms with Crippen molar-refractivity contribution < 1.29 is 5.11 Å². The number of hydrogen-bond acceptors (Lipinski definition) is 2. The highest BCUT2D eigenvalue weighted by atomic mass is 16.3. The summed E-state index contributed by atoms with van der Waals surface area (Å²) in [7, 11) is 0. The summed E-state index contributed by atoms with van der Waals surface area (Å²) in [4.78, 5) is 2.59. The second-order valence-corrected chi connectivity index (χ2v) is 4.65. The van der Waals surface area contributed by atoms with Crippen LogP contribution >= 0.6 is 0 Å². The van der Waals surface area contributed by atoms with Gasteiger partial charge in [-0.05, 0) is 45.1 Å². The Balaban J connectivity index is 2.29. The first-order chi connectivity index (χ1) is 6.77. The molecule has 0 aromatic carbocycles. The summed E-state index contributed by atoms with van der Waals surface area (Å²) in [5.41, 5.74) is 0. The van der Waals surface area contributed by atoms with Gasteiger partial charge in [0.1, 0.15) is 0 Å². The number of aliphatic hydroxyl groups is 1. The predicted molar refractivity (Wildman–Crippen MR) is 60.4 cm³/mol. The van der Waals surface area contributed by atoms with E-state index in [9.17, 15) is 0 Å². The number of aliphatic hydroxyl groups excluding tert-OH is 1. The molecule has 1 aliphatic heterocycles. The number of likely N-dealkylation sites (tertiary alicyclic amines) is 1. The first kappa shape index (κ1) is 12.0. The van der Waals surface area contributed by atoms with Gasteiger partial charge in [-0.15, -0.1) is 0 Å². The van der Waals surface area contributed by atoms with Gasteiger partial charge in [-0.25, -0.2) is 0 Å². The smallest absolute Gasteiger partial charge is 0.0434 e. The summed E-state index contributed by atoms with van der Waals surface area (Å²) < 4.78 is 0. The van der Waals surface area contributed by atoms with E-state index in [1.54, 1.807) is 0 Å². The quantitative estimate of drug-likeness (QED) is 0.709. The van der Waals surface area contributed by atoms with Crippen molar-refractivity contribution in [3.05, 3.63) is 0 Å². The molecular formula is C12H25NO. The Morgan fingerprint density at radius 3 is 2.71 bits per heavy atom. The highest BCUT2D eigenvalue weighted by Crippen LogP contribution is 2.21. The van der Waals surface area contributed by atoms with Crippen molar-refractivity contribution in [2.75, 3.05) is 19.7 Å². The van der Waals surface area contributed by atoms with Crippen molar-refractivity contribution in [3.8, 4) is 0 Å². The summed E-state index contributed by atoms with van der Waals surface area (Å²) in [6.45, 7) is 7.39. The summed E-state index contributed by atoms with van der Waals surface area (Å²) in [5, 5.41) is 8.98. The van der Waals surface area contributed by atoms with Gasteiger partial charge in [0.25, 0.3) is 0 Å². The Morgan fingerprint density at radius 2 is 2.21 bits per heavy atom. The topological polar surface area (TPSA) is 23.5 Å². The first-order valence-corrected chi connectivity index (χ1v) is 6.12. The molecule has 84 valence electrons. The SMILES string of the molecule is CCCC(CCO)CN1CCCC1C. The molecular weight excluding hydrogens is 174 g/mol. The molecule has 0 aromatic rings. The molecule has 0 amide bonds. The molecule has 2 unspecified atom stereocenters. The van der Waals surface area contributed by atoms with Crippen LogP contribution in [0.4, 0.5) is 0 Å². The first-order valence-electron chi connectivity index (χ1n) is 6.12. The molecule has 1 saturated heterocycles. The Morgan fingerprint density at radius 1 is 1.43 bits per heavy atom. The van der Waals surface area contributed by atoms with Crippen molar-refractivity contribution in [1.29, 1.82) is 0 Å². The van der Waals surface area contributed by atoms with Crippen molar-refractivity contribution in [3.63, 3.8) is 0 Å². The number of rotatable bonds is 6. The molecule has 2 atom stereocenters. The van der Waals surface area contributed by atoms with E-state index in [-0.39, 0.29) is 0 Å². The van der Waals surface area contributed by atoms with Crippen molar-refractivity contribution in [1.82, 2.24) is 4.90 Å². The standard InChI is InChI=1S/C12H25NO/c1-3-5-12(7-9-14)10-13-8-4-6-11(13)2/h11-12,14H,3-10H2,1-2H3. The molecule has 1 N–H and O–H groups in total. The molecule has 1 fully saturated rings. The molecule has 2 nitrogen and oxygen atoms in total. The lowest BCUT2D eigenvalue weighted by Crippen LogP contribution is -2.32. The van der Waals surface area contributed by atoms with E-state index in [4.69, 9.17) is 5.11 Å². The van der Waals surface area contributed by atoms with Crippen LogP contribution in [0.2, 0.25) is 0 Å².